The molecule has 0 bridgehead atoms. The van der Waals surface area contributed by atoms with Crippen LogP contribution in [0.4, 0.5) is 5.95 Å². The van der Waals surface area contributed by atoms with Crippen LogP contribution < -0.4 is 14.8 Å². The number of benzene rings is 2. The van der Waals surface area contributed by atoms with Crippen molar-refractivity contribution in [2.24, 2.45) is 0 Å². The van der Waals surface area contributed by atoms with Crippen LogP contribution in [-0.2, 0) is 16.1 Å². The summed E-state index contributed by atoms with van der Waals surface area (Å²) in [6.45, 7) is 6.69. The number of carbonyl (C=O) groups is 1. The number of anilines is 1. The number of esters is 1. The van der Waals surface area contributed by atoms with Gasteiger partial charge in [0, 0.05) is 5.70 Å². The zero-order chi connectivity index (χ0) is 24.1. The third-order valence-corrected chi connectivity index (χ3v) is 5.81. The Bertz CT molecular complexity index is 1200. The molecule has 1 aromatic heterocycles. The van der Waals surface area contributed by atoms with E-state index in [2.05, 4.69) is 33.8 Å². The van der Waals surface area contributed by atoms with Gasteiger partial charge in [-0.15, -0.1) is 0 Å². The first-order valence-corrected chi connectivity index (χ1v) is 11.3. The van der Waals surface area contributed by atoms with E-state index in [-0.39, 0.29) is 0 Å². The SMILES string of the molecule is CCCCOC(=O)C1=C(C)Nc2nnnn2C1c1ccc(OCc2ccccc2C)c(OC)c1. The molecule has 1 atom stereocenters. The third-order valence-electron chi connectivity index (χ3n) is 5.81. The van der Waals surface area contributed by atoms with E-state index in [1.54, 1.807) is 11.8 Å². The predicted octanol–water partition coefficient (Wildman–Crippen LogP) is 4.20. The van der Waals surface area contributed by atoms with E-state index in [0.29, 0.717) is 41.9 Å². The quantitative estimate of drug-likeness (QED) is 0.372. The molecule has 0 amide bonds. The molecular weight excluding hydrogens is 434 g/mol. The highest BCUT2D eigenvalue weighted by atomic mass is 16.5. The van der Waals surface area contributed by atoms with Crippen molar-refractivity contribution in [2.45, 2.75) is 46.3 Å². The minimum absolute atomic E-state index is 0.357. The molecule has 1 N–H and O–H groups in total. The Morgan fingerprint density at radius 2 is 1.97 bits per heavy atom. The number of unbranched alkanes of at least 4 members (excludes halogenated alkanes) is 1. The van der Waals surface area contributed by atoms with E-state index < -0.39 is 12.0 Å². The van der Waals surface area contributed by atoms with E-state index in [4.69, 9.17) is 14.2 Å². The summed E-state index contributed by atoms with van der Waals surface area (Å²) in [7, 11) is 1.59. The standard InChI is InChI=1S/C25H29N5O4/c1-5-6-13-33-24(31)22-17(3)26-25-27-28-29-30(25)23(22)18-11-12-20(21(14-18)32-4)34-15-19-10-8-7-9-16(19)2/h7-12,14,23H,5-6,13,15H2,1-4H3,(H,26,27,29). The van der Waals surface area contributed by atoms with Crippen LogP contribution in [-0.4, -0.2) is 39.9 Å². The maximum atomic E-state index is 13.1. The topological polar surface area (TPSA) is 100 Å². The number of hydrogen-bond acceptors (Lipinski definition) is 8. The molecule has 0 radical (unpaired) electrons. The molecule has 178 valence electrons. The van der Waals surface area contributed by atoms with Gasteiger partial charge in [-0.3, -0.25) is 0 Å². The second-order valence-electron chi connectivity index (χ2n) is 8.13. The first-order chi connectivity index (χ1) is 16.5. The maximum Gasteiger partial charge on any atom is 0.338 e. The van der Waals surface area contributed by atoms with Gasteiger partial charge in [0.05, 0.1) is 19.3 Å². The summed E-state index contributed by atoms with van der Waals surface area (Å²) in [6, 6.07) is 13.1. The fraction of sp³-hybridized carbons (Fsp3) is 0.360. The lowest BCUT2D eigenvalue weighted by Crippen LogP contribution is -2.30. The number of carbonyl (C=O) groups excluding carboxylic acids is 1. The van der Waals surface area contributed by atoms with Gasteiger partial charge < -0.3 is 19.5 Å². The number of ether oxygens (including phenoxy) is 3. The van der Waals surface area contributed by atoms with Gasteiger partial charge in [0.1, 0.15) is 12.6 Å². The highest BCUT2D eigenvalue weighted by Crippen LogP contribution is 2.38. The Hall–Kier alpha value is -3.88. The number of rotatable bonds is 9. The van der Waals surface area contributed by atoms with Crippen molar-refractivity contribution in [3.8, 4) is 11.5 Å². The van der Waals surface area contributed by atoms with Gasteiger partial charge in [0.15, 0.2) is 11.5 Å². The van der Waals surface area contributed by atoms with Crippen molar-refractivity contribution in [2.75, 3.05) is 19.0 Å². The molecule has 0 saturated heterocycles. The summed E-state index contributed by atoms with van der Waals surface area (Å²) in [4.78, 5) is 13.1. The molecule has 0 aliphatic carbocycles. The molecule has 3 aromatic rings. The second kappa shape index (κ2) is 10.4. The van der Waals surface area contributed by atoms with Gasteiger partial charge in [0.25, 0.3) is 0 Å². The number of hydrogen-bond donors (Lipinski definition) is 1. The van der Waals surface area contributed by atoms with Crippen LogP contribution in [0.3, 0.4) is 0 Å². The van der Waals surface area contributed by atoms with Gasteiger partial charge in [-0.05, 0) is 59.5 Å². The van der Waals surface area contributed by atoms with Gasteiger partial charge in [0.2, 0.25) is 5.95 Å². The molecule has 4 rings (SSSR count). The van der Waals surface area contributed by atoms with Gasteiger partial charge in [-0.2, -0.15) is 4.68 Å². The molecule has 0 saturated carbocycles. The van der Waals surface area contributed by atoms with Gasteiger partial charge in [-0.25, -0.2) is 4.79 Å². The van der Waals surface area contributed by atoms with E-state index in [1.807, 2.05) is 50.2 Å². The van der Waals surface area contributed by atoms with Crippen LogP contribution >= 0.6 is 0 Å². The van der Waals surface area contributed by atoms with E-state index in [9.17, 15) is 4.79 Å². The van der Waals surface area contributed by atoms with Crippen LogP contribution in [0, 0.1) is 6.92 Å². The fourth-order valence-electron chi connectivity index (χ4n) is 3.87. The van der Waals surface area contributed by atoms with E-state index in [1.165, 1.54) is 0 Å². The van der Waals surface area contributed by atoms with Crippen molar-refractivity contribution in [1.29, 1.82) is 0 Å². The highest BCUT2D eigenvalue weighted by molar-refractivity contribution is 5.92. The summed E-state index contributed by atoms with van der Waals surface area (Å²) in [6.07, 6.45) is 1.73. The molecule has 2 aromatic carbocycles. The summed E-state index contributed by atoms with van der Waals surface area (Å²) in [5, 5.41) is 15.0. The highest BCUT2D eigenvalue weighted by Gasteiger charge is 2.35. The van der Waals surface area contributed by atoms with Crippen LogP contribution in [0.25, 0.3) is 0 Å². The molecule has 0 fully saturated rings. The largest absolute Gasteiger partial charge is 0.493 e. The number of allylic oxidation sites excluding steroid dienone is 1. The summed E-state index contributed by atoms with van der Waals surface area (Å²) < 4.78 is 18.8. The van der Waals surface area contributed by atoms with Crippen molar-refractivity contribution in [3.05, 3.63) is 70.4 Å². The first kappa shape index (κ1) is 23.3. The Morgan fingerprint density at radius 3 is 2.74 bits per heavy atom. The number of tetrazole rings is 1. The lowest BCUT2D eigenvalue weighted by atomic mass is 9.95. The molecule has 2 heterocycles. The Morgan fingerprint density at radius 1 is 1.15 bits per heavy atom. The summed E-state index contributed by atoms with van der Waals surface area (Å²) >= 11 is 0. The first-order valence-electron chi connectivity index (χ1n) is 11.3. The van der Waals surface area contributed by atoms with Crippen LogP contribution in [0.1, 0.15) is 49.4 Å². The van der Waals surface area contributed by atoms with Crippen LogP contribution in [0.5, 0.6) is 11.5 Å². The maximum absolute atomic E-state index is 13.1. The molecule has 34 heavy (non-hydrogen) atoms. The second-order valence-corrected chi connectivity index (χ2v) is 8.13. The van der Waals surface area contributed by atoms with Crippen molar-refractivity contribution in [3.63, 3.8) is 0 Å². The predicted molar refractivity (Wildman–Crippen MR) is 127 cm³/mol. The zero-order valence-electron chi connectivity index (χ0n) is 19.9. The molecular formula is C25H29N5O4. The molecule has 1 aliphatic rings. The average Bonchev–Trinajstić information content (AvgIpc) is 3.30. The zero-order valence-corrected chi connectivity index (χ0v) is 19.9. The van der Waals surface area contributed by atoms with Crippen molar-refractivity contribution < 1.29 is 19.0 Å². The lowest BCUT2D eigenvalue weighted by Gasteiger charge is -2.27. The Balaban J connectivity index is 1.65. The molecule has 0 spiro atoms. The van der Waals surface area contributed by atoms with Crippen molar-refractivity contribution in [1.82, 2.24) is 20.2 Å². The smallest absolute Gasteiger partial charge is 0.338 e. The monoisotopic (exact) mass is 463 g/mol. The number of fused-ring (bicyclic) bond motifs is 1. The minimum atomic E-state index is -0.570. The van der Waals surface area contributed by atoms with Crippen LogP contribution in [0.15, 0.2) is 53.7 Å². The molecule has 9 heteroatoms. The number of nitrogens with zero attached hydrogens (tertiary/aromatic N) is 4. The molecule has 1 aliphatic heterocycles. The third kappa shape index (κ3) is 4.73. The molecule has 9 nitrogen and oxygen atoms in total. The Kier molecular flexibility index (Phi) is 7.10. The average molecular weight is 464 g/mol. The normalized spacial score (nSPS) is 14.9. The summed E-state index contributed by atoms with van der Waals surface area (Å²) in [5.41, 5.74) is 4.13. The number of aryl methyl sites for hydroxylation is 1. The van der Waals surface area contributed by atoms with E-state index in [0.717, 1.165) is 29.5 Å². The fourth-order valence-corrected chi connectivity index (χ4v) is 3.87. The number of nitrogens with one attached hydrogen (secondary N) is 1. The summed E-state index contributed by atoms with van der Waals surface area (Å²) in [5.74, 6) is 1.21. The minimum Gasteiger partial charge on any atom is -0.493 e. The van der Waals surface area contributed by atoms with E-state index >= 15 is 0 Å². The lowest BCUT2D eigenvalue weighted by molar-refractivity contribution is -0.139. The Labute approximate surface area is 198 Å². The van der Waals surface area contributed by atoms with Crippen LogP contribution in [0.2, 0.25) is 0 Å². The molecule has 1 unspecified atom stereocenters. The van der Waals surface area contributed by atoms with Gasteiger partial charge in [-0.1, -0.05) is 48.8 Å². The number of methoxy groups -OCH3 is 1. The van der Waals surface area contributed by atoms with Crippen molar-refractivity contribution >= 4 is 11.9 Å². The number of aromatic nitrogens is 4. The van der Waals surface area contributed by atoms with Gasteiger partial charge >= 0.3 is 5.97 Å².